The van der Waals surface area contributed by atoms with Gasteiger partial charge in [-0.3, -0.25) is 28.8 Å². The fraction of sp³-hybridized carbons (Fsp3) is 0.368. The first kappa shape index (κ1) is 36.7. The molecule has 15 nitrogen and oxygen atoms in total. The van der Waals surface area contributed by atoms with Crippen LogP contribution in [0.5, 0.6) is 17.2 Å². The number of amides is 6. The van der Waals surface area contributed by atoms with Gasteiger partial charge in [-0.1, -0.05) is 30.3 Å². The Morgan fingerprint density at radius 1 is 0.792 bits per heavy atom. The highest BCUT2D eigenvalue weighted by Crippen LogP contribution is 2.33. The second-order valence-electron chi connectivity index (χ2n) is 13.2. The van der Waals surface area contributed by atoms with E-state index in [1.807, 2.05) is 30.3 Å². The fourth-order valence-electron chi connectivity index (χ4n) is 6.29. The predicted molar refractivity (Wildman–Crippen MR) is 191 cm³/mol. The van der Waals surface area contributed by atoms with Crippen molar-refractivity contribution in [3.63, 3.8) is 0 Å². The summed E-state index contributed by atoms with van der Waals surface area (Å²) >= 11 is 0. The van der Waals surface area contributed by atoms with Gasteiger partial charge in [0.25, 0.3) is 17.7 Å². The number of likely N-dealkylation sites (tertiary alicyclic amines) is 1. The van der Waals surface area contributed by atoms with E-state index in [0.29, 0.717) is 28.5 Å². The number of anilines is 1. The molecule has 1 fully saturated rings. The van der Waals surface area contributed by atoms with E-state index in [2.05, 4.69) is 26.6 Å². The highest BCUT2D eigenvalue weighted by Gasteiger charge is 2.46. The molecule has 4 heterocycles. The molecule has 6 amide bonds. The molecule has 53 heavy (non-hydrogen) atoms. The number of nitrogens with zero attached hydrogens (tertiary/aromatic N) is 1. The van der Waals surface area contributed by atoms with Crippen LogP contribution in [0.4, 0.5) is 5.69 Å². The minimum atomic E-state index is -1.46. The second-order valence-corrected chi connectivity index (χ2v) is 13.2. The Balaban J connectivity index is 1.22. The van der Waals surface area contributed by atoms with Gasteiger partial charge >= 0.3 is 0 Å². The summed E-state index contributed by atoms with van der Waals surface area (Å²) in [7, 11) is 0. The van der Waals surface area contributed by atoms with E-state index >= 15 is 0 Å². The molecule has 5 N–H and O–H groups in total. The molecule has 0 aromatic heterocycles. The summed E-state index contributed by atoms with van der Waals surface area (Å²) in [6.45, 7) is 3.54. The minimum Gasteiger partial charge on any atom is -0.492 e. The third-order valence-corrected chi connectivity index (χ3v) is 9.35. The van der Waals surface area contributed by atoms with E-state index in [9.17, 15) is 28.8 Å². The van der Waals surface area contributed by atoms with Crippen molar-refractivity contribution in [2.45, 2.75) is 56.8 Å². The zero-order valence-electron chi connectivity index (χ0n) is 29.4. The summed E-state index contributed by atoms with van der Waals surface area (Å²) in [6, 6.07) is 17.5. The SMILES string of the molecule is C[C@@H]1NC(=O)[C@H](Cc2ccccc2)NC(=O)[C@H](C)NC(=O)C2(CCN(C(=O)c3ccc4c(c3)OCC(=O)N4)CC2)Oc2ccc(cc2)OCCNC1=O. The minimum absolute atomic E-state index is 0.102. The molecule has 0 unspecified atom stereocenters. The van der Waals surface area contributed by atoms with Crippen molar-refractivity contribution >= 4 is 41.1 Å². The average Bonchev–Trinajstić information content (AvgIpc) is 3.16. The number of carbonyl (C=O) groups excluding carboxylic acids is 6. The van der Waals surface area contributed by atoms with E-state index < -0.39 is 47.4 Å². The third kappa shape index (κ3) is 8.86. The summed E-state index contributed by atoms with van der Waals surface area (Å²) in [5.74, 6) is -1.46. The van der Waals surface area contributed by atoms with Crippen LogP contribution in [0, 0.1) is 0 Å². The van der Waals surface area contributed by atoms with Crippen LogP contribution in [0.1, 0.15) is 42.6 Å². The van der Waals surface area contributed by atoms with Gasteiger partial charge < -0.3 is 45.7 Å². The maximum atomic E-state index is 14.2. The standard InChI is InChI=1S/C38H42N6O9/c1-23-33(46)39-16-19-51-27-9-11-28(12-10-27)53-38(14-17-44(18-15-38)36(49)26-8-13-29-31(21-26)52-22-32(45)42-29)37(50)41-24(2)34(47)43-30(35(48)40-23)20-25-6-4-3-5-7-25/h3-13,21,23-24,30H,14-20,22H2,1-2H3,(H,39,46)(H,40,48)(H,41,50)(H,42,45)(H,43,47)/t23-,24-,30-/m0/s1. The second kappa shape index (κ2) is 16.0. The van der Waals surface area contributed by atoms with Crippen molar-refractivity contribution in [3.05, 3.63) is 83.9 Å². The van der Waals surface area contributed by atoms with Crippen LogP contribution in [0.15, 0.2) is 72.8 Å². The van der Waals surface area contributed by atoms with Crippen LogP contribution in [0.3, 0.4) is 0 Å². The predicted octanol–water partition coefficient (Wildman–Crippen LogP) is 1.32. The Labute approximate surface area is 306 Å². The highest BCUT2D eigenvalue weighted by molar-refractivity contribution is 5.99. The molecule has 0 aliphatic carbocycles. The topological polar surface area (TPSA) is 194 Å². The third-order valence-electron chi connectivity index (χ3n) is 9.35. The zero-order chi connectivity index (χ0) is 37.5. The molecule has 0 radical (unpaired) electrons. The fourth-order valence-corrected chi connectivity index (χ4v) is 6.29. The maximum absolute atomic E-state index is 14.2. The van der Waals surface area contributed by atoms with E-state index in [0.717, 1.165) is 5.56 Å². The molecule has 2 bridgehead atoms. The molecule has 1 saturated heterocycles. The molecule has 278 valence electrons. The molecule has 4 aliphatic heterocycles. The van der Waals surface area contributed by atoms with Crippen molar-refractivity contribution in [2.75, 3.05) is 38.2 Å². The lowest BCUT2D eigenvalue weighted by atomic mass is 9.89. The molecule has 3 aromatic rings. The van der Waals surface area contributed by atoms with Gasteiger partial charge in [0, 0.05) is 37.9 Å². The van der Waals surface area contributed by atoms with Crippen LogP contribution < -0.4 is 40.8 Å². The van der Waals surface area contributed by atoms with E-state index in [-0.39, 0.29) is 63.9 Å². The Bertz CT molecular complexity index is 1860. The number of hydrogen-bond donors (Lipinski definition) is 5. The lowest BCUT2D eigenvalue weighted by molar-refractivity contribution is -0.143. The van der Waals surface area contributed by atoms with Crippen molar-refractivity contribution in [1.82, 2.24) is 26.2 Å². The van der Waals surface area contributed by atoms with Gasteiger partial charge in [0.05, 0.1) is 12.2 Å². The van der Waals surface area contributed by atoms with Gasteiger partial charge in [-0.2, -0.15) is 0 Å². The molecule has 1 spiro atoms. The summed E-state index contributed by atoms with van der Waals surface area (Å²) in [5.41, 5.74) is 0.161. The van der Waals surface area contributed by atoms with Gasteiger partial charge in [-0.15, -0.1) is 0 Å². The van der Waals surface area contributed by atoms with Gasteiger partial charge in [0.2, 0.25) is 17.7 Å². The average molecular weight is 727 g/mol. The summed E-state index contributed by atoms with van der Waals surface area (Å²) < 4.78 is 17.7. The Kier molecular flexibility index (Phi) is 11.1. The van der Waals surface area contributed by atoms with Crippen molar-refractivity contribution in [2.24, 2.45) is 0 Å². The van der Waals surface area contributed by atoms with E-state index in [1.54, 1.807) is 54.3 Å². The number of fused-ring (bicyclic) bond motifs is 16. The molecular formula is C38H42N6O9. The highest BCUT2D eigenvalue weighted by atomic mass is 16.5. The molecule has 15 heteroatoms. The first-order chi connectivity index (χ1) is 25.5. The van der Waals surface area contributed by atoms with Gasteiger partial charge in [0.15, 0.2) is 12.2 Å². The summed E-state index contributed by atoms with van der Waals surface area (Å²) in [5, 5.41) is 13.7. The zero-order valence-corrected chi connectivity index (χ0v) is 29.4. The number of hydrogen-bond acceptors (Lipinski definition) is 9. The van der Waals surface area contributed by atoms with Crippen LogP contribution in [-0.2, 0) is 30.4 Å². The van der Waals surface area contributed by atoms with Crippen molar-refractivity contribution < 1.29 is 43.0 Å². The largest absolute Gasteiger partial charge is 0.492 e. The van der Waals surface area contributed by atoms with Gasteiger partial charge in [-0.05, 0) is 61.9 Å². The van der Waals surface area contributed by atoms with E-state index in [4.69, 9.17) is 14.2 Å². The van der Waals surface area contributed by atoms with Crippen molar-refractivity contribution in [3.8, 4) is 17.2 Å². The van der Waals surface area contributed by atoms with Crippen LogP contribution in [0.2, 0.25) is 0 Å². The lowest BCUT2D eigenvalue weighted by Crippen LogP contribution is -2.61. The number of nitrogens with one attached hydrogen (secondary N) is 5. The number of carbonyl (C=O) groups is 6. The number of benzene rings is 3. The molecule has 0 saturated carbocycles. The van der Waals surface area contributed by atoms with E-state index in [1.165, 1.54) is 6.92 Å². The normalized spacial score (nSPS) is 22.3. The maximum Gasteiger partial charge on any atom is 0.264 e. The quantitative estimate of drug-likeness (QED) is 0.248. The Hall–Kier alpha value is -6.12. The monoisotopic (exact) mass is 726 g/mol. The lowest BCUT2D eigenvalue weighted by Gasteiger charge is -2.41. The van der Waals surface area contributed by atoms with Gasteiger partial charge in [-0.25, -0.2) is 0 Å². The number of rotatable bonds is 3. The molecule has 3 aromatic carbocycles. The molecule has 4 aliphatic rings. The molecule has 3 atom stereocenters. The smallest absolute Gasteiger partial charge is 0.264 e. The Morgan fingerprint density at radius 2 is 1.49 bits per heavy atom. The Morgan fingerprint density at radius 3 is 2.23 bits per heavy atom. The van der Waals surface area contributed by atoms with Crippen molar-refractivity contribution in [1.29, 1.82) is 0 Å². The molecular weight excluding hydrogens is 684 g/mol. The first-order valence-corrected chi connectivity index (χ1v) is 17.5. The van der Waals surface area contributed by atoms with Gasteiger partial charge in [0.1, 0.15) is 42.0 Å². The van der Waals surface area contributed by atoms with Crippen LogP contribution >= 0.6 is 0 Å². The summed E-state index contributed by atoms with van der Waals surface area (Å²) in [6.07, 6.45) is 0.343. The summed E-state index contributed by atoms with van der Waals surface area (Å²) in [4.78, 5) is 80.8. The first-order valence-electron chi connectivity index (χ1n) is 17.5. The van der Waals surface area contributed by atoms with Crippen LogP contribution in [-0.4, -0.2) is 96.9 Å². The number of ether oxygens (including phenoxy) is 3. The van der Waals surface area contributed by atoms with Crippen LogP contribution in [0.25, 0.3) is 0 Å². The molecule has 7 rings (SSSR count). The number of piperidine rings is 1.